The highest BCUT2D eigenvalue weighted by atomic mass is 16.5. The van der Waals surface area contributed by atoms with E-state index in [9.17, 15) is 0 Å². The van der Waals surface area contributed by atoms with Crippen LogP contribution in [0.3, 0.4) is 0 Å². The molecule has 18 heavy (non-hydrogen) atoms. The van der Waals surface area contributed by atoms with Crippen LogP contribution in [0.2, 0.25) is 0 Å². The van der Waals surface area contributed by atoms with Gasteiger partial charge in [0.05, 0.1) is 13.2 Å². The first-order valence-electron chi connectivity index (χ1n) is 6.45. The molecule has 1 saturated carbocycles. The maximum Gasteiger partial charge on any atom is 0.191 e. The first kappa shape index (κ1) is 12.7. The molecule has 0 bridgehead atoms. The molecule has 2 rings (SSSR count). The highest BCUT2D eigenvalue weighted by Crippen LogP contribution is 2.25. The number of aliphatic imine (C=N–C) groups is 1. The number of hydrogen-bond acceptors (Lipinski definition) is 2. The highest BCUT2D eigenvalue weighted by molar-refractivity contribution is 5.78. The van der Waals surface area contributed by atoms with Crippen LogP contribution >= 0.6 is 0 Å². The molecular weight excluding hydrogens is 226 g/mol. The van der Waals surface area contributed by atoms with E-state index in [1.807, 2.05) is 38.2 Å². The average Bonchev–Trinajstić information content (AvgIpc) is 3.21. The van der Waals surface area contributed by atoms with Gasteiger partial charge in [0, 0.05) is 18.7 Å². The fourth-order valence-electron chi connectivity index (χ4n) is 1.86. The van der Waals surface area contributed by atoms with E-state index in [0.717, 1.165) is 11.3 Å². The zero-order valence-corrected chi connectivity index (χ0v) is 11.1. The van der Waals surface area contributed by atoms with E-state index in [-0.39, 0.29) is 0 Å². The van der Waals surface area contributed by atoms with Gasteiger partial charge in [0.2, 0.25) is 0 Å². The van der Waals surface area contributed by atoms with E-state index in [1.165, 1.54) is 12.8 Å². The van der Waals surface area contributed by atoms with Gasteiger partial charge in [-0.1, -0.05) is 18.2 Å². The van der Waals surface area contributed by atoms with Gasteiger partial charge in [-0.2, -0.15) is 0 Å². The first-order chi connectivity index (χ1) is 8.72. The molecule has 1 aliphatic carbocycles. The predicted octanol–water partition coefficient (Wildman–Crippen LogP) is 1.99. The Morgan fingerprint density at radius 3 is 2.83 bits per heavy atom. The topological polar surface area (TPSA) is 50.9 Å². The molecule has 0 aromatic heterocycles. The molecule has 2 N–H and O–H groups in total. The van der Waals surface area contributed by atoms with Crippen LogP contribution < -0.4 is 10.5 Å². The number of nitrogens with two attached hydrogens (primary N) is 1. The summed E-state index contributed by atoms with van der Waals surface area (Å²) in [6.45, 7) is 3.21. The third kappa shape index (κ3) is 3.15. The highest BCUT2D eigenvalue weighted by Gasteiger charge is 2.27. The normalized spacial score (nSPS) is 15.6. The van der Waals surface area contributed by atoms with Gasteiger partial charge in [0.15, 0.2) is 5.96 Å². The van der Waals surface area contributed by atoms with Crippen LogP contribution in [0.25, 0.3) is 0 Å². The van der Waals surface area contributed by atoms with E-state index in [2.05, 4.69) is 9.89 Å². The Hall–Kier alpha value is -1.71. The van der Waals surface area contributed by atoms with Crippen LogP contribution in [-0.2, 0) is 6.54 Å². The number of ether oxygens (including phenoxy) is 1. The van der Waals surface area contributed by atoms with E-state index >= 15 is 0 Å². The predicted molar refractivity (Wildman–Crippen MR) is 73.7 cm³/mol. The smallest absolute Gasteiger partial charge is 0.191 e. The number of benzene rings is 1. The maximum atomic E-state index is 5.97. The summed E-state index contributed by atoms with van der Waals surface area (Å²) >= 11 is 0. The third-order valence-electron chi connectivity index (χ3n) is 3.14. The summed E-state index contributed by atoms with van der Waals surface area (Å²) in [5, 5.41) is 0. The molecule has 98 valence electrons. The second kappa shape index (κ2) is 5.76. The van der Waals surface area contributed by atoms with Crippen LogP contribution in [0.1, 0.15) is 25.3 Å². The van der Waals surface area contributed by atoms with Gasteiger partial charge < -0.3 is 15.4 Å². The minimum atomic E-state index is 0.569. The summed E-state index contributed by atoms with van der Waals surface area (Å²) in [5.74, 6) is 1.51. The molecule has 1 aromatic rings. The Labute approximate surface area is 108 Å². The summed E-state index contributed by atoms with van der Waals surface area (Å²) in [4.78, 5) is 6.50. The van der Waals surface area contributed by atoms with Crippen molar-refractivity contribution in [2.45, 2.75) is 32.4 Å². The van der Waals surface area contributed by atoms with Crippen molar-refractivity contribution in [2.75, 3.05) is 13.7 Å². The van der Waals surface area contributed by atoms with Crippen LogP contribution in [0.5, 0.6) is 5.75 Å². The van der Waals surface area contributed by atoms with Gasteiger partial charge in [0.25, 0.3) is 0 Å². The van der Waals surface area contributed by atoms with Crippen molar-refractivity contribution in [3.63, 3.8) is 0 Å². The van der Waals surface area contributed by atoms with E-state index in [4.69, 9.17) is 10.5 Å². The van der Waals surface area contributed by atoms with E-state index in [1.54, 1.807) is 0 Å². The Morgan fingerprint density at radius 2 is 2.17 bits per heavy atom. The summed E-state index contributed by atoms with van der Waals surface area (Å²) in [6.07, 6.45) is 2.45. The van der Waals surface area contributed by atoms with Crippen molar-refractivity contribution in [3.8, 4) is 5.75 Å². The number of nitrogens with zero attached hydrogens (tertiary/aromatic N) is 2. The van der Waals surface area contributed by atoms with Crippen LogP contribution in [0.15, 0.2) is 29.3 Å². The first-order valence-corrected chi connectivity index (χ1v) is 6.45. The molecule has 1 aliphatic rings. The van der Waals surface area contributed by atoms with Crippen molar-refractivity contribution in [1.29, 1.82) is 0 Å². The molecule has 0 atom stereocenters. The second-order valence-corrected chi connectivity index (χ2v) is 4.56. The number of guanidine groups is 1. The van der Waals surface area contributed by atoms with Crippen molar-refractivity contribution < 1.29 is 4.74 Å². The fourth-order valence-corrected chi connectivity index (χ4v) is 1.86. The Morgan fingerprint density at radius 1 is 1.44 bits per heavy atom. The van der Waals surface area contributed by atoms with Crippen LogP contribution in [0, 0.1) is 0 Å². The Balaban J connectivity index is 2.02. The zero-order valence-electron chi connectivity index (χ0n) is 11.1. The third-order valence-corrected chi connectivity index (χ3v) is 3.14. The van der Waals surface area contributed by atoms with E-state index in [0.29, 0.717) is 25.2 Å². The minimum Gasteiger partial charge on any atom is -0.494 e. The maximum absolute atomic E-state index is 5.97. The van der Waals surface area contributed by atoms with E-state index < -0.39 is 0 Å². The van der Waals surface area contributed by atoms with Crippen molar-refractivity contribution in [3.05, 3.63) is 29.8 Å². The standard InChI is InChI=1S/C14H21N3O/c1-3-18-13-7-5-4-6-11(13)10-16-14(15)17(2)12-8-9-12/h4-7,12H,3,8-10H2,1-2H3,(H2,15,16). The van der Waals surface area contributed by atoms with Crippen molar-refractivity contribution in [1.82, 2.24) is 4.90 Å². The quantitative estimate of drug-likeness (QED) is 0.639. The molecule has 4 nitrogen and oxygen atoms in total. The lowest BCUT2D eigenvalue weighted by atomic mass is 10.2. The van der Waals surface area contributed by atoms with Gasteiger partial charge in [-0.05, 0) is 25.8 Å². The average molecular weight is 247 g/mol. The molecule has 0 amide bonds. The molecule has 0 unspecified atom stereocenters. The summed E-state index contributed by atoms with van der Waals surface area (Å²) < 4.78 is 5.57. The van der Waals surface area contributed by atoms with Crippen molar-refractivity contribution >= 4 is 5.96 Å². The molecule has 0 heterocycles. The van der Waals surface area contributed by atoms with Gasteiger partial charge in [-0.15, -0.1) is 0 Å². The summed E-state index contributed by atoms with van der Waals surface area (Å²) in [7, 11) is 2.00. The van der Waals surface area contributed by atoms with Gasteiger partial charge in [-0.3, -0.25) is 0 Å². The number of rotatable bonds is 5. The lowest BCUT2D eigenvalue weighted by Crippen LogP contribution is -2.35. The van der Waals surface area contributed by atoms with Crippen molar-refractivity contribution in [2.24, 2.45) is 10.7 Å². The van der Waals surface area contributed by atoms with Gasteiger partial charge in [0.1, 0.15) is 5.75 Å². The van der Waals surface area contributed by atoms with Crippen LogP contribution in [0.4, 0.5) is 0 Å². The largest absolute Gasteiger partial charge is 0.494 e. The number of hydrogen-bond donors (Lipinski definition) is 1. The monoisotopic (exact) mass is 247 g/mol. The fraction of sp³-hybridized carbons (Fsp3) is 0.500. The van der Waals surface area contributed by atoms with Gasteiger partial charge >= 0.3 is 0 Å². The molecule has 0 aliphatic heterocycles. The lowest BCUT2D eigenvalue weighted by Gasteiger charge is -2.17. The Kier molecular flexibility index (Phi) is 4.07. The molecule has 0 radical (unpaired) electrons. The lowest BCUT2D eigenvalue weighted by molar-refractivity contribution is 0.336. The SMILES string of the molecule is CCOc1ccccc1CN=C(N)N(C)C1CC1. The zero-order chi connectivity index (χ0) is 13.0. The molecule has 0 saturated heterocycles. The molecule has 4 heteroatoms. The van der Waals surface area contributed by atoms with Crippen LogP contribution in [-0.4, -0.2) is 30.6 Å². The molecule has 0 spiro atoms. The molecular formula is C14H21N3O. The second-order valence-electron chi connectivity index (χ2n) is 4.56. The summed E-state index contributed by atoms with van der Waals surface area (Å²) in [6, 6.07) is 8.55. The molecule has 1 fully saturated rings. The Bertz CT molecular complexity index is 427. The number of para-hydroxylation sites is 1. The van der Waals surface area contributed by atoms with Gasteiger partial charge in [-0.25, -0.2) is 4.99 Å². The molecule has 1 aromatic carbocycles. The minimum absolute atomic E-state index is 0.569. The summed E-state index contributed by atoms with van der Waals surface area (Å²) in [5.41, 5.74) is 7.04.